The van der Waals surface area contributed by atoms with Crippen molar-refractivity contribution in [2.45, 2.75) is 90.8 Å². The van der Waals surface area contributed by atoms with Crippen LogP contribution in [0.3, 0.4) is 0 Å². The number of ether oxygens (including phenoxy) is 1. The van der Waals surface area contributed by atoms with Crippen molar-refractivity contribution >= 4 is 29.9 Å². The Bertz CT molecular complexity index is 1190. The molecule has 2 N–H and O–H groups in total. The van der Waals surface area contributed by atoms with Gasteiger partial charge in [-0.1, -0.05) is 80.4 Å². The Kier molecular flexibility index (Phi) is 12.9. The fourth-order valence-electron chi connectivity index (χ4n) is 5.41. The van der Waals surface area contributed by atoms with Crippen molar-refractivity contribution in [1.82, 2.24) is 10.6 Å². The number of hydrogen-bond donors (Lipinski definition) is 2. The minimum Gasteiger partial charge on any atom is -0.445 e. The van der Waals surface area contributed by atoms with Gasteiger partial charge in [0, 0.05) is 24.7 Å². The topological polar surface area (TPSA) is 119 Å². The molecule has 1 saturated carbocycles. The van der Waals surface area contributed by atoms with Crippen LogP contribution in [0.4, 0.5) is 4.79 Å². The molecule has 0 aromatic heterocycles. The normalized spacial score (nSPS) is 17.1. The third-order valence-corrected chi connectivity index (χ3v) is 7.74. The summed E-state index contributed by atoms with van der Waals surface area (Å²) in [5.74, 6) is -1.35. The summed E-state index contributed by atoms with van der Waals surface area (Å²) in [6, 6.07) is 15.3. The zero-order valence-electron chi connectivity index (χ0n) is 25.0. The Hall–Kier alpha value is -3.81. The minimum absolute atomic E-state index is 0.0626. The lowest BCUT2D eigenvalue weighted by Gasteiger charge is -2.26. The van der Waals surface area contributed by atoms with Crippen LogP contribution in [0.2, 0.25) is 0 Å². The van der Waals surface area contributed by atoms with Crippen molar-refractivity contribution < 1.29 is 28.7 Å². The number of nitrogens with one attached hydrogen (secondary N) is 2. The fraction of sp³-hybridized carbons (Fsp3) is 0.500. The Labute approximate surface area is 249 Å². The number of benzene rings is 2. The van der Waals surface area contributed by atoms with Gasteiger partial charge in [-0.15, -0.1) is 0 Å². The van der Waals surface area contributed by atoms with E-state index in [1.165, 1.54) is 0 Å². The average Bonchev–Trinajstić information content (AvgIpc) is 2.97. The summed E-state index contributed by atoms with van der Waals surface area (Å²) in [6.07, 6.45) is 3.85. The SMILES string of the molecule is Cc1ccc(C[C@H](NC(=O)OCc2ccccc2)C(=O)C[C@@H](CC(C)C)C(=O)N[C@H](C=O)C[C@@H]2CCCCC2=O)cc1. The summed E-state index contributed by atoms with van der Waals surface area (Å²) in [4.78, 5) is 64.0. The summed E-state index contributed by atoms with van der Waals surface area (Å²) in [7, 11) is 0. The Morgan fingerprint density at radius 3 is 2.33 bits per heavy atom. The Balaban J connectivity index is 1.70. The molecule has 3 rings (SSSR count). The fourth-order valence-corrected chi connectivity index (χ4v) is 5.41. The standard InChI is InChI=1S/C34H44N2O6/c1-23(2)17-28(33(40)35-29(21-37)19-27-11-7-8-12-31(27)38)20-32(39)30(18-25-15-13-24(3)14-16-25)36-34(41)42-22-26-9-5-4-6-10-26/h4-6,9-10,13-16,21,23,27-30H,7-8,11-12,17-20,22H2,1-3H3,(H,35,40)(H,36,41)/t27-,28+,29-,30-/m0/s1. The molecule has 4 atom stereocenters. The molecule has 0 aliphatic heterocycles. The van der Waals surface area contributed by atoms with Crippen LogP contribution in [-0.4, -0.2) is 41.9 Å². The van der Waals surface area contributed by atoms with Gasteiger partial charge in [-0.25, -0.2) is 4.79 Å². The molecule has 1 aliphatic rings. The number of alkyl carbamates (subject to hydrolysis) is 1. The second-order valence-electron chi connectivity index (χ2n) is 11.8. The number of ketones is 2. The quantitative estimate of drug-likeness (QED) is 0.278. The molecule has 1 fully saturated rings. The van der Waals surface area contributed by atoms with Crippen LogP contribution in [0, 0.1) is 24.7 Å². The molecule has 42 heavy (non-hydrogen) atoms. The van der Waals surface area contributed by atoms with Crippen LogP contribution in [0.25, 0.3) is 0 Å². The van der Waals surface area contributed by atoms with Gasteiger partial charge in [0.05, 0.1) is 12.1 Å². The van der Waals surface area contributed by atoms with Gasteiger partial charge in [-0.3, -0.25) is 14.4 Å². The van der Waals surface area contributed by atoms with Gasteiger partial charge in [0.15, 0.2) is 5.78 Å². The van der Waals surface area contributed by atoms with E-state index >= 15 is 0 Å². The van der Waals surface area contributed by atoms with Crippen molar-refractivity contribution in [3.05, 3.63) is 71.3 Å². The average molecular weight is 577 g/mol. The van der Waals surface area contributed by atoms with E-state index in [1.54, 1.807) is 0 Å². The van der Waals surface area contributed by atoms with E-state index in [2.05, 4.69) is 10.6 Å². The highest BCUT2D eigenvalue weighted by Gasteiger charge is 2.31. The Morgan fingerprint density at radius 2 is 1.69 bits per heavy atom. The van der Waals surface area contributed by atoms with Crippen molar-refractivity contribution in [2.75, 3.05) is 0 Å². The van der Waals surface area contributed by atoms with Gasteiger partial charge in [-0.2, -0.15) is 0 Å². The summed E-state index contributed by atoms with van der Waals surface area (Å²) < 4.78 is 5.38. The maximum absolute atomic E-state index is 13.7. The smallest absolute Gasteiger partial charge is 0.408 e. The highest BCUT2D eigenvalue weighted by molar-refractivity contribution is 5.92. The molecular weight excluding hydrogens is 532 g/mol. The number of carbonyl (C=O) groups is 5. The summed E-state index contributed by atoms with van der Waals surface area (Å²) in [5.41, 5.74) is 2.76. The molecule has 0 unspecified atom stereocenters. The lowest BCUT2D eigenvalue weighted by atomic mass is 9.83. The first-order valence-electron chi connectivity index (χ1n) is 15.0. The lowest BCUT2D eigenvalue weighted by Crippen LogP contribution is -2.46. The predicted molar refractivity (Wildman–Crippen MR) is 161 cm³/mol. The molecule has 0 bridgehead atoms. The molecule has 0 radical (unpaired) electrons. The Morgan fingerprint density at radius 1 is 0.976 bits per heavy atom. The van der Waals surface area contributed by atoms with E-state index in [4.69, 9.17) is 4.74 Å². The monoisotopic (exact) mass is 576 g/mol. The van der Waals surface area contributed by atoms with Crippen molar-refractivity contribution in [3.8, 4) is 0 Å². The van der Waals surface area contributed by atoms with Gasteiger partial charge >= 0.3 is 6.09 Å². The molecule has 8 heteroatoms. The van der Waals surface area contributed by atoms with Crippen LogP contribution in [0.15, 0.2) is 54.6 Å². The van der Waals surface area contributed by atoms with Gasteiger partial charge in [0.1, 0.15) is 18.7 Å². The molecule has 0 spiro atoms. The first kappa shape index (κ1) is 32.7. The van der Waals surface area contributed by atoms with Crippen molar-refractivity contribution in [1.29, 1.82) is 0 Å². The molecule has 2 amide bonds. The summed E-state index contributed by atoms with van der Waals surface area (Å²) >= 11 is 0. The van der Waals surface area contributed by atoms with Crippen LogP contribution in [-0.2, 0) is 36.9 Å². The van der Waals surface area contributed by atoms with E-state index in [0.717, 1.165) is 36.0 Å². The molecule has 2 aromatic rings. The molecular formula is C34H44N2O6. The lowest BCUT2D eigenvalue weighted by molar-refractivity contribution is -0.132. The maximum atomic E-state index is 13.7. The van der Waals surface area contributed by atoms with E-state index in [0.29, 0.717) is 19.1 Å². The van der Waals surface area contributed by atoms with Crippen LogP contribution >= 0.6 is 0 Å². The van der Waals surface area contributed by atoms with E-state index in [9.17, 15) is 24.0 Å². The summed E-state index contributed by atoms with van der Waals surface area (Å²) in [5, 5.41) is 5.52. The first-order valence-corrected chi connectivity index (χ1v) is 15.0. The highest BCUT2D eigenvalue weighted by Crippen LogP contribution is 2.25. The zero-order valence-corrected chi connectivity index (χ0v) is 25.0. The minimum atomic E-state index is -0.903. The van der Waals surface area contributed by atoms with Gasteiger partial charge in [0.25, 0.3) is 0 Å². The predicted octanol–water partition coefficient (Wildman–Crippen LogP) is 5.29. The largest absolute Gasteiger partial charge is 0.445 e. The molecule has 1 aliphatic carbocycles. The van der Waals surface area contributed by atoms with Gasteiger partial charge in [0.2, 0.25) is 5.91 Å². The van der Waals surface area contributed by atoms with Gasteiger partial charge in [-0.05, 0) is 56.1 Å². The van der Waals surface area contributed by atoms with E-state index in [-0.39, 0.29) is 49.3 Å². The second kappa shape index (κ2) is 16.6. The number of Topliss-reactive ketones (excluding diaryl/α,β-unsaturated/α-hetero) is 2. The maximum Gasteiger partial charge on any atom is 0.408 e. The first-order chi connectivity index (χ1) is 20.1. The molecule has 226 valence electrons. The zero-order chi connectivity index (χ0) is 30.5. The molecule has 2 aromatic carbocycles. The third kappa shape index (κ3) is 10.9. The van der Waals surface area contributed by atoms with Crippen LogP contribution < -0.4 is 10.6 Å². The van der Waals surface area contributed by atoms with E-state index in [1.807, 2.05) is 75.4 Å². The second-order valence-corrected chi connectivity index (χ2v) is 11.8. The van der Waals surface area contributed by atoms with Crippen LogP contribution in [0.1, 0.15) is 75.5 Å². The number of hydrogen-bond acceptors (Lipinski definition) is 6. The van der Waals surface area contributed by atoms with Crippen molar-refractivity contribution in [3.63, 3.8) is 0 Å². The van der Waals surface area contributed by atoms with Gasteiger partial charge < -0.3 is 20.2 Å². The molecule has 0 heterocycles. The molecule has 8 nitrogen and oxygen atoms in total. The number of rotatable bonds is 15. The third-order valence-electron chi connectivity index (χ3n) is 7.74. The highest BCUT2D eigenvalue weighted by atomic mass is 16.5. The summed E-state index contributed by atoms with van der Waals surface area (Å²) in [6.45, 7) is 5.96. The number of aldehydes is 1. The van der Waals surface area contributed by atoms with Crippen LogP contribution in [0.5, 0.6) is 0 Å². The molecule has 0 saturated heterocycles. The van der Waals surface area contributed by atoms with E-state index < -0.39 is 30.0 Å². The number of aryl methyl sites for hydroxylation is 1. The van der Waals surface area contributed by atoms with Crippen molar-refractivity contribution in [2.24, 2.45) is 17.8 Å². The number of carbonyl (C=O) groups excluding carboxylic acids is 5. The number of amides is 2.